The van der Waals surface area contributed by atoms with Crippen molar-refractivity contribution in [3.63, 3.8) is 0 Å². The molecule has 0 spiro atoms. The molecule has 0 bridgehead atoms. The van der Waals surface area contributed by atoms with E-state index in [-0.39, 0.29) is 5.97 Å². The molecule has 0 aromatic heterocycles. The van der Waals surface area contributed by atoms with Crippen LogP contribution < -0.4 is 4.74 Å². The molecule has 2 aromatic carbocycles. The van der Waals surface area contributed by atoms with Crippen LogP contribution in [0.15, 0.2) is 46.9 Å². The largest absolute Gasteiger partial charge is 0.466 e. The smallest absolute Gasteiger partial charge is 0.305 e. The minimum atomic E-state index is -0.127. The zero-order chi connectivity index (χ0) is 16.7. The highest BCUT2D eigenvalue weighted by Crippen LogP contribution is 2.29. The van der Waals surface area contributed by atoms with Gasteiger partial charge < -0.3 is 9.47 Å². The summed E-state index contributed by atoms with van der Waals surface area (Å²) in [5.74, 6) is 1.52. The van der Waals surface area contributed by atoms with Crippen LogP contribution in [0.4, 0.5) is 0 Å². The highest BCUT2D eigenvalue weighted by atomic mass is 79.9. The van der Waals surface area contributed by atoms with Crippen molar-refractivity contribution in [3.8, 4) is 11.5 Å². The SMILES string of the molecule is CCOC(=O)CCCc1ccc(Oc2cccc(Br)c2C)cc1. The minimum absolute atomic E-state index is 0.127. The fraction of sp³-hybridized carbons (Fsp3) is 0.316. The summed E-state index contributed by atoms with van der Waals surface area (Å²) in [5, 5.41) is 0. The Balaban J connectivity index is 1.89. The molecular formula is C19H21BrO3. The van der Waals surface area contributed by atoms with Gasteiger partial charge in [-0.25, -0.2) is 0 Å². The molecule has 0 atom stereocenters. The summed E-state index contributed by atoms with van der Waals surface area (Å²) in [6, 6.07) is 13.9. The maximum atomic E-state index is 11.3. The van der Waals surface area contributed by atoms with Crippen molar-refractivity contribution in [2.75, 3.05) is 6.61 Å². The number of rotatable bonds is 7. The van der Waals surface area contributed by atoms with Gasteiger partial charge in [-0.1, -0.05) is 34.1 Å². The summed E-state index contributed by atoms with van der Waals surface area (Å²) in [6.07, 6.45) is 2.11. The van der Waals surface area contributed by atoms with Crippen molar-refractivity contribution in [2.45, 2.75) is 33.1 Å². The molecule has 0 saturated carbocycles. The van der Waals surface area contributed by atoms with Crippen LogP contribution >= 0.6 is 15.9 Å². The molecule has 23 heavy (non-hydrogen) atoms. The number of carbonyl (C=O) groups excluding carboxylic acids is 1. The first-order chi connectivity index (χ1) is 11.1. The summed E-state index contributed by atoms with van der Waals surface area (Å²) < 4.78 is 11.9. The fourth-order valence-electron chi connectivity index (χ4n) is 2.22. The van der Waals surface area contributed by atoms with Gasteiger partial charge in [0.2, 0.25) is 0 Å². The van der Waals surface area contributed by atoms with Crippen molar-refractivity contribution in [1.29, 1.82) is 0 Å². The molecule has 3 nitrogen and oxygen atoms in total. The van der Waals surface area contributed by atoms with E-state index in [9.17, 15) is 4.79 Å². The van der Waals surface area contributed by atoms with Gasteiger partial charge in [0.05, 0.1) is 6.61 Å². The second kappa shape index (κ2) is 8.73. The fourth-order valence-corrected chi connectivity index (χ4v) is 2.57. The first-order valence-corrected chi connectivity index (χ1v) is 8.57. The van der Waals surface area contributed by atoms with Gasteiger partial charge >= 0.3 is 5.97 Å². The molecule has 0 radical (unpaired) electrons. The minimum Gasteiger partial charge on any atom is -0.466 e. The first kappa shape index (κ1) is 17.5. The second-order valence-corrected chi connectivity index (χ2v) is 6.12. The Kier molecular flexibility index (Phi) is 6.66. The highest BCUT2D eigenvalue weighted by molar-refractivity contribution is 9.10. The maximum absolute atomic E-state index is 11.3. The molecule has 4 heteroatoms. The van der Waals surface area contributed by atoms with Crippen LogP contribution in [0, 0.1) is 6.92 Å². The molecule has 122 valence electrons. The van der Waals surface area contributed by atoms with Gasteiger partial charge in [0.15, 0.2) is 0 Å². The normalized spacial score (nSPS) is 10.4. The lowest BCUT2D eigenvalue weighted by molar-refractivity contribution is -0.143. The Hall–Kier alpha value is -1.81. The van der Waals surface area contributed by atoms with Crippen LogP contribution in [0.2, 0.25) is 0 Å². The number of hydrogen-bond acceptors (Lipinski definition) is 3. The van der Waals surface area contributed by atoms with E-state index in [0.29, 0.717) is 13.0 Å². The molecule has 2 aromatic rings. The van der Waals surface area contributed by atoms with Gasteiger partial charge in [0.1, 0.15) is 11.5 Å². The zero-order valence-corrected chi connectivity index (χ0v) is 15.1. The van der Waals surface area contributed by atoms with Crippen molar-refractivity contribution < 1.29 is 14.3 Å². The predicted molar refractivity (Wildman–Crippen MR) is 95.0 cm³/mol. The number of ether oxygens (including phenoxy) is 2. The van der Waals surface area contributed by atoms with Gasteiger partial charge in [0.25, 0.3) is 0 Å². The summed E-state index contributed by atoms with van der Waals surface area (Å²) in [6.45, 7) is 4.28. The molecular weight excluding hydrogens is 356 g/mol. The average molecular weight is 377 g/mol. The van der Waals surface area contributed by atoms with E-state index in [1.807, 2.05) is 56.3 Å². The Morgan fingerprint density at radius 2 is 1.87 bits per heavy atom. The van der Waals surface area contributed by atoms with Crippen LogP contribution in [-0.4, -0.2) is 12.6 Å². The molecule has 0 N–H and O–H groups in total. The summed E-state index contributed by atoms with van der Waals surface area (Å²) >= 11 is 3.50. The first-order valence-electron chi connectivity index (χ1n) is 7.77. The third-order valence-electron chi connectivity index (χ3n) is 3.52. The molecule has 0 heterocycles. The number of aryl methyl sites for hydroxylation is 1. The summed E-state index contributed by atoms with van der Waals surface area (Å²) in [5.41, 5.74) is 2.26. The van der Waals surface area contributed by atoms with E-state index < -0.39 is 0 Å². The van der Waals surface area contributed by atoms with Gasteiger partial charge in [0, 0.05) is 16.5 Å². The van der Waals surface area contributed by atoms with Crippen LogP contribution in [0.25, 0.3) is 0 Å². The summed E-state index contributed by atoms with van der Waals surface area (Å²) in [4.78, 5) is 11.3. The van der Waals surface area contributed by atoms with E-state index >= 15 is 0 Å². The van der Waals surface area contributed by atoms with Crippen LogP contribution in [-0.2, 0) is 16.0 Å². The lowest BCUT2D eigenvalue weighted by atomic mass is 10.1. The van der Waals surface area contributed by atoms with E-state index in [0.717, 1.165) is 34.4 Å². The predicted octanol–water partition coefficient (Wildman–Crippen LogP) is 5.44. The molecule has 0 saturated heterocycles. The molecule has 2 rings (SSSR count). The van der Waals surface area contributed by atoms with Gasteiger partial charge in [-0.15, -0.1) is 0 Å². The van der Waals surface area contributed by atoms with Gasteiger partial charge in [-0.05, 0) is 56.5 Å². The zero-order valence-electron chi connectivity index (χ0n) is 13.5. The molecule has 0 amide bonds. The number of carbonyl (C=O) groups is 1. The third-order valence-corrected chi connectivity index (χ3v) is 4.38. The van der Waals surface area contributed by atoms with E-state index in [2.05, 4.69) is 15.9 Å². The van der Waals surface area contributed by atoms with Crippen molar-refractivity contribution in [2.24, 2.45) is 0 Å². The lowest BCUT2D eigenvalue weighted by Crippen LogP contribution is -2.03. The number of hydrogen-bond donors (Lipinski definition) is 0. The van der Waals surface area contributed by atoms with Crippen molar-refractivity contribution >= 4 is 21.9 Å². The topological polar surface area (TPSA) is 35.5 Å². The monoisotopic (exact) mass is 376 g/mol. The molecule has 0 aliphatic rings. The van der Waals surface area contributed by atoms with Gasteiger partial charge in [-0.2, -0.15) is 0 Å². The average Bonchev–Trinajstić information content (AvgIpc) is 2.54. The number of halogens is 1. The van der Waals surface area contributed by atoms with Crippen LogP contribution in [0.3, 0.4) is 0 Å². The van der Waals surface area contributed by atoms with Crippen LogP contribution in [0.1, 0.15) is 30.9 Å². The van der Waals surface area contributed by atoms with Gasteiger partial charge in [-0.3, -0.25) is 4.79 Å². The Morgan fingerprint density at radius 3 is 2.57 bits per heavy atom. The molecule has 0 aliphatic carbocycles. The van der Waals surface area contributed by atoms with E-state index in [1.165, 1.54) is 5.56 Å². The lowest BCUT2D eigenvalue weighted by Gasteiger charge is -2.10. The van der Waals surface area contributed by atoms with Crippen LogP contribution in [0.5, 0.6) is 11.5 Å². The Bertz CT molecular complexity index is 650. The third kappa shape index (κ3) is 5.39. The Labute approximate surface area is 145 Å². The molecule has 0 fully saturated rings. The Morgan fingerprint density at radius 1 is 1.13 bits per heavy atom. The number of benzene rings is 2. The van der Waals surface area contributed by atoms with E-state index in [4.69, 9.17) is 9.47 Å². The second-order valence-electron chi connectivity index (χ2n) is 5.27. The molecule has 0 unspecified atom stereocenters. The van der Waals surface area contributed by atoms with E-state index in [1.54, 1.807) is 0 Å². The standard InChI is InChI=1S/C19H21BrO3/c1-3-22-19(21)9-4-6-15-10-12-16(13-11-15)23-18-8-5-7-17(20)14(18)2/h5,7-8,10-13H,3-4,6,9H2,1-2H3. The maximum Gasteiger partial charge on any atom is 0.305 e. The van der Waals surface area contributed by atoms with Crippen molar-refractivity contribution in [3.05, 3.63) is 58.1 Å². The van der Waals surface area contributed by atoms with Crippen molar-refractivity contribution in [1.82, 2.24) is 0 Å². The summed E-state index contributed by atoms with van der Waals surface area (Å²) in [7, 11) is 0. The number of esters is 1. The highest BCUT2D eigenvalue weighted by Gasteiger charge is 2.05. The quantitative estimate of drug-likeness (QED) is 0.603. The molecule has 0 aliphatic heterocycles.